The van der Waals surface area contributed by atoms with E-state index >= 15 is 0 Å². The first-order chi connectivity index (χ1) is 9.90. The number of likely N-dealkylation sites (N-methyl/N-ethyl adjacent to an activating group) is 1. The van der Waals surface area contributed by atoms with Crippen LogP contribution in [0.15, 0.2) is 24.3 Å². The van der Waals surface area contributed by atoms with Crippen LogP contribution in [0, 0.1) is 0 Å². The predicted octanol–water partition coefficient (Wildman–Crippen LogP) is 1.24. The molecule has 112 valence electrons. The fourth-order valence-electron chi connectivity index (χ4n) is 2.29. The summed E-state index contributed by atoms with van der Waals surface area (Å²) in [6, 6.07) is 6.19. The standard InChI is InChI=1S/C14H16ClN3O3/c1-3-16-11(19)8-18-12(20)14(2,17-13(18)21)9-6-4-5-7-10(9)15/h4-7H,3,8H2,1-2H3,(H,16,19)(H,17,21)/t14-/m1/s1. The van der Waals surface area contributed by atoms with Crippen LogP contribution in [0.3, 0.4) is 0 Å². The van der Waals surface area contributed by atoms with E-state index in [1.54, 1.807) is 38.1 Å². The zero-order chi connectivity index (χ0) is 15.6. The quantitative estimate of drug-likeness (QED) is 0.821. The Morgan fingerprint density at radius 3 is 2.67 bits per heavy atom. The molecule has 0 aliphatic carbocycles. The number of nitrogens with zero attached hydrogens (tertiary/aromatic N) is 1. The van der Waals surface area contributed by atoms with Crippen LogP contribution in [0.2, 0.25) is 5.02 Å². The number of halogens is 1. The number of imide groups is 1. The van der Waals surface area contributed by atoms with Gasteiger partial charge in [0, 0.05) is 17.1 Å². The summed E-state index contributed by atoms with van der Waals surface area (Å²) in [6.07, 6.45) is 0. The van der Waals surface area contributed by atoms with Gasteiger partial charge in [-0.3, -0.25) is 14.5 Å². The monoisotopic (exact) mass is 309 g/mol. The van der Waals surface area contributed by atoms with Gasteiger partial charge < -0.3 is 10.6 Å². The third-order valence-electron chi connectivity index (χ3n) is 3.36. The van der Waals surface area contributed by atoms with Crippen molar-refractivity contribution < 1.29 is 14.4 Å². The van der Waals surface area contributed by atoms with Crippen molar-refractivity contribution in [2.75, 3.05) is 13.1 Å². The van der Waals surface area contributed by atoms with Gasteiger partial charge in [-0.15, -0.1) is 0 Å². The first-order valence-corrected chi connectivity index (χ1v) is 6.93. The molecule has 2 N–H and O–H groups in total. The van der Waals surface area contributed by atoms with Gasteiger partial charge in [0.15, 0.2) is 0 Å². The van der Waals surface area contributed by atoms with Crippen molar-refractivity contribution in [1.82, 2.24) is 15.5 Å². The van der Waals surface area contributed by atoms with Gasteiger partial charge >= 0.3 is 6.03 Å². The first-order valence-electron chi connectivity index (χ1n) is 6.56. The number of benzene rings is 1. The van der Waals surface area contributed by atoms with E-state index in [9.17, 15) is 14.4 Å². The Balaban J connectivity index is 2.29. The van der Waals surface area contributed by atoms with E-state index in [1.165, 1.54) is 0 Å². The fourth-order valence-corrected chi connectivity index (χ4v) is 2.61. The number of amides is 4. The highest BCUT2D eigenvalue weighted by atomic mass is 35.5. The Morgan fingerprint density at radius 2 is 2.05 bits per heavy atom. The molecule has 2 rings (SSSR count). The minimum absolute atomic E-state index is 0.307. The second-order valence-corrected chi connectivity index (χ2v) is 5.29. The average molecular weight is 310 g/mol. The molecule has 0 unspecified atom stereocenters. The minimum Gasteiger partial charge on any atom is -0.355 e. The number of hydrogen-bond donors (Lipinski definition) is 2. The molecule has 6 nitrogen and oxygen atoms in total. The van der Waals surface area contributed by atoms with Gasteiger partial charge in [-0.2, -0.15) is 0 Å². The normalized spacial score (nSPS) is 21.4. The lowest BCUT2D eigenvalue weighted by Crippen LogP contribution is -2.43. The minimum atomic E-state index is -1.26. The molecule has 1 atom stereocenters. The summed E-state index contributed by atoms with van der Waals surface area (Å²) in [5.74, 6) is -0.878. The molecule has 1 aliphatic rings. The van der Waals surface area contributed by atoms with Gasteiger partial charge in [-0.1, -0.05) is 29.8 Å². The molecule has 1 aromatic rings. The van der Waals surface area contributed by atoms with E-state index in [2.05, 4.69) is 10.6 Å². The predicted molar refractivity (Wildman–Crippen MR) is 77.7 cm³/mol. The molecule has 0 spiro atoms. The second-order valence-electron chi connectivity index (χ2n) is 4.88. The van der Waals surface area contributed by atoms with Crippen molar-refractivity contribution in [1.29, 1.82) is 0 Å². The lowest BCUT2D eigenvalue weighted by molar-refractivity contribution is -0.134. The van der Waals surface area contributed by atoms with Crippen molar-refractivity contribution in [3.63, 3.8) is 0 Å². The smallest absolute Gasteiger partial charge is 0.325 e. The topological polar surface area (TPSA) is 78.5 Å². The maximum absolute atomic E-state index is 12.5. The van der Waals surface area contributed by atoms with Crippen molar-refractivity contribution in [3.05, 3.63) is 34.9 Å². The molecule has 0 radical (unpaired) electrons. The molecule has 4 amide bonds. The maximum Gasteiger partial charge on any atom is 0.325 e. The highest BCUT2D eigenvalue weighted by Crippen LogP contribution is 2.33. The van der Waals surface area contributed by atoms with Crippen LogP contribution in [0.5, 0.6) is 0 Å². The van der Waals surface area contributed by atoms with Crippen LogP contribution < -0.4 is 10.6 Å². The summed E-state index contributed by atoms with van der Waals surface area (Å²) in [4.78, 5) is 37.0. The van der Waals surface area contributed by atoms with Gasteiger partial charge in [0.25, 0.3) is 5.91 Å². The third kappa shape index (κ3) is 2.71. The molecule has 1 fully saturated rings. The summed E-state index contributed by atoms with van der Waals surface area (Å²) in [5.41, 5.74) is -0.759. The molecule has 1 saturated heterocycles. The molecule has 1 heterocycles. The SMILES string of the molecule is CCNC(=O)CN1C(=O)N[C@](C)(c2ccccc2Cl)C1=O. The van der Waals surface area contributed by atoms with Crippen LogP contribution in [-0.4, -0.2) is 35.8 Å². The summed E-state index contributed by atoms with van der Waals surface area (Å²) >= 11 is 6.11. The van der Waals surface area contributed by atoms with E-state index < -0.39 is 17.5 Å². The number of nitrogens with one attached hydrogen (secondary N) is 2. The average Bonchev–Trinajstić information content (AvgIpc) is 2.64. The summed E-state index contributed by atoms with van der Waals surface area (Å²) in [5, 5.41) is 5.54. The zero-order valence-corrected chi connectivity index (χ0v) is 12.5. The number of carbonyl (C=O) groups is 3. The van der Waals surface area contributed by atoms with E-state index in [1.807, 2.05) is 0 Å². The number of urea groups is 1. The van der Waals surface area contributed by atoms with Gasteiger partial charge in [0.1, 0.15) is 12.1 Å². The van der Waals surface area contributed by atoms with Gasteiger partial charge in [0.2, 0.25) is 5.91 Å². The fraction of sp³-hybridized carbons (Fsp3) is 0.357. The van der Waals surface area contributed by atoms with E-state index in [0.717, 1.165) is 4.90 Å². The van der Waals surface area contributed by atoms with Crippen LogP contribution in [0.1, 0.15) is 19.4 Å². The van der Waals surface area contributed by atoms with Crippen LogP contribution in [0.25, 0.3) is 0 Å². The maximum atomic E-state index is 12.5. The summed E-state index contributed by atoms with van der Waals surface area (Å²) in [6.45, 7) is 3.46. The van der Waals surface area contributed by atoms with Crippen molar-refractivity contribution in [3.8, 4) is 0 Å². The second kappa shape index (κ2) is 5.73. The largest absolute Gasteiger partial charge is 0.355 e. The van der Waals surface area contributed by atoms with Crippen LogP contribution in [-0.2, 0) is 15.1 Å². The van der Waals surface area contributed by atoms with Gasteiger partial charge in [0.05, 0.1) is 0 Å². The lowest BCUT2D eigenvalue weighted by atomic mass is 9.92. The molecule has 0 aromatic heterocycles. The van der Waals surface area contributed by atoms with E-state index in [0.29, 0.717) is 17.1 Å². The third-order valence-corrected chi connectivity index (χ3v) is 3.69. The molecular formula is C14H16ClN3O3. The first kappa shape index (κ1) is 15.3. The van der Waals surface area contributed by atoms with E-state index in [-0.39, 0.29) is 12.5 Å². The summed E-state index contributed by atoms with van der Waals surface area (Å²) in [7, 11) is 0. The molecule has 0 bridgehead atoms. The Labute approximate surface area is 127 Å². The zero-order valence-electron chi connectivity index (χ0n) is 11.8. The molecular weight excluding hydrogens is 294 g/mol. The van der Waals surface area contributed by atoms with E-state index in [4.69, 9.17) is 11.6 Å². The van der Waals surface area contributed by atoms with Crippen LogP contribution >= 0.6 is 11.6 Å². The van der Waals surface area contributed by atoms with Crippen molar-refractivity contribution in [2.45, 2.75) is 19.4 Å². The number of rotatable bonds is 4. The summed E-state index contributed by atoms with van der Waals surface area (Å²) < 4.78 is 0. The highest BCUT2D eigenvalue weighted by molar-refractivity contribution is 6.32. The number of carbonyl (C=O) groups excluding carboxylic acids is 3. The molecule has 0 saturated carbocycles. The van der Waals surface area contributed by atoms with Gasteiger partial charge in [-0.25, -0.2) is 4.79 Å². The van der Waals surface area contributed by atoms with Crippen molar-refractivity contribution >= 4 is 29.4 Å². The molecule has 21 heavy (non-hydrogen) atoms. The Morgan fingerprint density at radius 1 is 1.38 bits per heavy atom. The lowest BCUT2D eigenvalue weighted by Gasteiger charge is -2.23. The molecule has 7 heteroatoms. The highest BCUT2D eigenvalue weighted by Gasteiger charge is 2.50. The Hall–Kier alpha value is -2.08. The van der Waals surface area contributed by atoms with Crippen molar-refractivity contribution in [2.24, 2.45) is 0 Å². The molecule has 1 aliphatic heterocycles. The number of hydrogen-bond acceptors (Lipinski definition) is 3. The molecule has 1 aromatic carbocycles. The Bertz CT molecular complexity index is 605. The van der Waals surface area contributed by atoms with Gasteiger partial charge in [-0.05, 0) is 19.9 Å². The Kier molecular flexibility index (Phi) is 4.18. The van der Waals surface area contributed by atoms with Crippen LogP contribution in [0.4, 0.5) is 4.79 Å².